The molecule has 0 aromatic heterocycles. The summed E-state index contributed by atoms with van der Waals surface area (Å²) in [5.74, 6) is -0.161. The second kappa shape index (κ2) is 4.58. The molecule has 1 atom stereocenters. The van der Waals surface area contributed by atoms with Gasteiger partial charge in [-0.25, -0.2) is 0 Å². The molecule has 0 heterocycles. The molecule has 66 valence electrons. The number of hydrogen-bond acceptors (Lipinski definition) is 4. The zero-order valence-corrected chi connectivity index (χ0v) is 7.23. The molecule has 1 unspecified atom stereocenters. The summed E-state index contributed by atoms with van der Waals surface area (Å²) in [7, 11) is 0. The molecule has 5 heteroatoms. The highest BCUT2D eigenvalue weighted by Crippen LogP contribution is 2.09. The molecule has 11 heavy (non-hydrogen) atoms. The van der Waals surface area contributed by atoms with Crippen LogP contribution < -0.4 is 5.73 Å². The van der Waals surface area contributed by atoms with Crippen molar-refractivity contribution in [2.24, 2.45) is 5.73 Å². The van der Waals surface area contributed by atoms with Crippen molar-refractivity contribution >= 4 is 17.7 Å². The summed E-state index contributed by atoms with van der Waals surface area (Å²) in [5.41, 5.74) is 4.22. The van der Waals surface area contributed by atoms with Gasteiger partial charge in [0.15, 0.2) is 0 Å². The van der Waals surface area contributed by atoms with E-state index in [0.29, 0.717) is 11.5 Å². The summed E-state index contributed by atoms with van der Waals surface area (Å²) in [6.45, 7) is 1.51. The standard InChI is InChI=1S/C6H13NO3S/c1-6(7,5(9)10)4-11-3-2-8/h8H,2-4,7H2,1H3,(H,9,10). The molecule has 0 aliphatic rings. The first kappa shape index (κ1) is 10.7. The average Bonchev–Trinajstić information content (AvgIpc) is 1.88. The Morgan fingerprint density at radius 1 is 1.73 bits per heavy atom. The largest absolute Gasteiger partial charge is 0.480 e. The normalized spacial score (nSPS) is 15.9. The number of aliphatic hydroxyl groups is 1. The third kappa shape index (κ3) is 4.23. The first-order chi connectivity index (χ1) is 5.00. The van der Waals surface area contributed by atoms with Crippen LogP contribution in [0.1, 0.15) is 6.92 Å². The molecule has 0 bridgehead atoms. The van der Waals surface area contributed by atoms with E-state index in [1.165, 1.54) is 18.7 Å². The summed E-state index contributed by atoms with van der Waals surface area (Å²) >= 11 is 1.33. The van der Waals surface area contributed by atoms with Crippen LogP contribution in [0.2, 0.25) is 0 Å². The van der Waals surface area contributed by atoms with Crippen molar-refractivity contribution in [3.63, 3.8) is 0 Å². The number of hydrogen-bond donors (Lipinski definition) is 3. The van der Waals surface area contributed by atoms with Gasteiger partial charge in [-0.15, -0.1) is 0 Å². The van der Waals surface area contributed by atoms with Crippen molar-refractivity contribution in [3.05, 3.63) is 0 Å². The van der Waals surface area contributed by atoms with Crippen molar-refractivity contribution in [1.82, 2.24) is 0 Å². The van der Waals surface area contributed by atoms with Gasteiger partial charge in [0.1, 0.15) is 5.54 Å². The van der Waals surface area contributed by atoms with Crippen LogP contribution in [0, 0.1) is 0 Å². The van der Waals surface area contributed by atoms with Gasteiger partial charge in [0.05, 0.1) is 6.61 Å². The van der Waals surface area contributed by atoms with Crippen LogP contribution in [-0.2, 0) is 4.79 Å². The fraction of sp³-hybridized carbons (Fsp3) is 0.833. The molecule has 0 spiro atoms. The van der Waals surface area contributed by atoms with Crippen LogP contribution in [0.25, 0.3) is 0 Å². The Bertz CT molecular complexity index is 138. The smallest absolute Gasteiger partial charge is 0.324 e. The highest BCUT2D eigenvalue weighted by atomic mass is 32.2. The Hall–Kier alpha value is -0.260. The lowest BCUT2D eigenvalue weighted by Crippen LogP contribution is -2.47. The van der Waals surface area contributed by atoms with Gasteiger partial charge in [-0.2, -0.15) is 11.8 Å². The zero-order chi connectivity index (χ0) is 8.91. The SMILES string of the molecule is CC(N)(CSCCO)C(=O)O. The predicted octanol–water partition coefficient (Wildman–Crippen LogP) is -0.486. The topological polar surface area (TPSA) is 83.5 Å². The van der Waals surface area contributed by atoms with Gasteiger partial charge in [0.25, 0.3) is 0 Å². The molecule has 4 nitrogen and oxygen atoms in total. The molecule has 0 aliphatic heterocycles. The van der Waals surface area contributed by atoms with E-state index in [0.717, 1.165) is 0 Å². The maximum Gasteiger partial charge on any atom is 0.324 e. The Labute approximate surface area is 69.8 Å². The first-order valence-electron chi connectivity index (χ1n) is 3.21. The Balaban J connectivity index is 3.64. The summed E-state index contributed by atoms with van der Waals surface area (Å²) in [5, 5.41) is 16.9. The van der Waals surface area contributed by atoms with E-state index in [1.54, 1.807) is 0 Å². The van der Waals surface area contributed by atoms with Gasteiger partial charge in [-0.05, 0) is 6.92 Å². The average molecular weight is 179 g/mol. The summed E-state index contributed by atoms with van der Waals surface area (Å²) in [6, 6.07) is 0. The van der Waals surface area contributed by atoms with Crippen molar-refractivity contribution in [1.29, 1.82) is 0 Å². The first-order valence-corrected chi connectivity index (χ1v) is 4.37. The summed E-state index contributed by atoms with van der Waals surface area (Å²) in [6.07, 6.45) is 0. The number of nitrogens with two attached hydrogens (primary N) is 1. The highest BCUT2D eigenvalue weighted by molar-refractivity contribution is 7.99. The minimum atomic E-state index is -1.18. The van der Waals surface area contributed by atoms with Gasteiger partial charge < -0.3 is 15.9 Å². The third-order valence-electron chi connectivity index (χ3n) is 1.13. The number of aliphatic hydroxyl groups excluding tert-OH is 1. The molecule has 0 radical (unpaired) electrons. The minimum Gasteiger partial charge on any atom is -0.480 e. The minimum absolute atomic E-state index is 0.0559. The number of thioether (sulfide) groups is 1. The number of rotatable bonds is 5. The van der Waals surface area contributed by atoms with Crippen molar-refractivity contribution in [2.75, 3.05) is 18.1 Å². The van der Waals surface area contributed by atoms with Gasteiger partial charge in [0.2, 0.25) is 0 Å². The van der Waals surface area contributed by atoms with Crippen molar-refractivity contribution in [2.45, 2.75) is 12.5 Å². The molecule has 0 aromatic rings. The van der Waals surface area contributed by atoms with Gasteiger partial charge >= 0.3 is 5.97 Å². The molecule has 0 aromatic carbocycles. The second-order valence-corrected chi connectivity index (χ2v) is 3.60. The molecule has 0 aliphatic carbocycles. The van der Waals surface area contributed by atoms with Gasteiger partial charge in [0, 0.05) is 11.5 Å². The molecule has 0 fully saturated rings. The molecule has 0 saturated carbocycles. The third-order valence-corrected chi connectivity index (χ3v) is 2.40. The maximum atomic E-state index is 10.4. The Kier molecular flexibility index (Phi) is 4.48. The lowest BCUT2D eigenvalue weighted by Gasteiger charge is -2.17. The quantitative estimate of drug-likeness (QED) is 0.496. The molecular formula is C6H13NO3S. The number of carboxylic acids is 1. The monoisotopic (exact) mass is 179 g/mol. The van der Waals surface area contributed by atoms with E-state index >= 15 is 0 Å². The lowest BCUT2D eigenvalue weighted by atomic mass is 10.1. The molecule has 4 N–H and O–H groups in total. The predicted molar refractivity (Wildman–Crippen MR) is 44.6 cm³/mol. The van der Waals surface area contributed by atoms with E-state index in [4.69, 9.17) is 15.9 Å². The molecular weight excluding hydrogens is 166 g/mol. The number of carboxylic acid groups (broad SMARTS) is 1. The van der Waals surface area contributed by atoms with Gasteiger partial charge in [-0.1, -0.05) is 0 Å². The molecule has 0 rings (SSSR count). The van der Waals surface area contributed by atoms with Crippen molar-refractivity contribution in [3.8, 4) is 0 Å². The van der Waals surface area contributed by atoms with E-state index in [9.17, 15) is 4.79 Å². The van der Waals surface area contributed by atoms with Crippen molar-refractivity contribution < 1.29 is 15.0 Å². The van der Waals surface area contributed by atoms with E-state index in [-0.39, 0.29) is 6.61 Å². The zero-order valence-electron chi connectivity index (χ0n) is 6.41. The van der Waals surface area contributed by atoms with Crippen LogP contribution in [0.3, 0.4) is 0 Å². The summed E-state index contributed by atoms with van der Waals surface area (Å²) in [4.78, 5) is 10.4. The highest BCUT2D eigenvalue weighted by Gasteiger charge is 2.27. The van der Waals surface area contributed by atoms with E-state index in [2.05, 4.69) is 0 Å². The second-order valence-electron chi connectivity index (χ2n) is 2.50. The summed E-state index contributed by atoms with van der Waals surface area (Å²) < 4.78 is 0. The van der Waals surface area contributed by atoms with E-state index < -0.39 is 11.5 Å². The van der Waals surface area contributed by atoms with Crippen LogP contribution in [0.5, 0.6) is 0 Å². The van der Waals surface area contributed by atoms with E-state index in [1.807, 2.05) is 0 Å². The van der Waals surface area contributed by atoms with Crippen LogP contribution in [0.4, 0.5) is 0 Å². The Morgan fingerprint density at radius 3 is 2.64 bits per heavy atom. The number of aliphatic carboxylic acids is 1. The Morgan fingerprint density at radius 2 is 2.27 bits per heavy atom. The van der Waals surface area contributed by atoms with Crippen LogP contribution in [0.15, 0.2) is 0 Å². The number of carbonyl (C=O) groups is 1. The van der Waals surface area contributed by atoms with Gasteiger partial charge in [-0.3, -0.25) is 4.79 Å². The fourth-order valence-corrected chi connectivity index (χ4v) is 1.23. The maximum absolute atomic E-state index is 10.4. The van der Waals surface area contributed by atoms with Crippen LogP contribution in [-0.4, -0.2) is 39.8 Å². The fourth-order valence-electron chi connectivity index (χ4n) is 0.410. The molecule has 0 amide bonds. The lowest BCUT2D eigenvalue weighted by molar-refractivity contribution is -0.141. The molecule has 0 saturated heterocycles. The van der Waals surface area contributed by atoms with Crippen LogP contribution >= 0.6 is 11.8 Å².